The Hall–Kier alpha value is -3.84. The average Bonchev–Trinajstić information content (AvgIpc) is 3.35. The van der Waals surface area contributed by atoms with Crippen LogP contribution in [0.3, 0.4) is 0 Å². The fraction of sp³-hybridized carbons (Fsp3) is 0.375. The third-order valence-corrected chi connectivity index (χ3v) is 4.30. The molecule has 0 atom stereocenters. The number of alkyl halides is 2. The molecule has 1 aliphatic heterocycles. The summed E-state index contributed by atoms with van der Waals surface area (Å²) in [5, 5.41) is 15.8. The van der Waals surface area contributed by atoms with Crippen LogP contribution in [0, 0.1) is 0 Å². The third-order valence-electron chi connectivity index (χ3n) is 4.30. The van der Waals surface area contributed by atoms with Crippen LogP contribution in [-0.4, -0.2) is 67.9 Å². The first-order chi connectivity index (χ1) is 14.3. The van der Waals surface area contributed by atoms with Gasteiger partial charge in [0.25, 0.3) is 17.7 Å². The fourth-order valence-electron chi connectivity index (χ4n) is 2.92. The van der Waals surface area contributed by atoms with Crippen molar-refractivity contribution in [3.63, 3.8) is 0 Å². The van der Waals surface area contributed by atoms with E-state index in [1.54, 1.807) is 12.3 Å². The maximum Gasteiger partial charge on any atom is 0.318 e. The molecule has 2 N–H and O–H groups in total. The molecule has 0 radical (unpaired) electrons. The molecule has 3 amide bonds. The van der Waals surface area contributed by atoms with Crippen molar-refractivity contribution in [1.29, 1.82) is 0 Å². The Balaban J connectivity index is 1.43. The highest BCUT2D eigenvalue weighted by atomic mass is 19.3. The predicted molar refractivity (Wildman–Crippen MR) is 93.8 cm³/mol. The molecule has 14 heteroatoms. The van der Waals surface area contributed by atoms with Crippen molar-refractivity contribution >= 4 is 17.6 Å². The van der Waals surface area contributed by atoms with Crippen molar-refractivity contribution in [1.82, 2.24) is 40.4 Å². The molecule has 0 spiro atoms. The minimum Gasteiger partial charge on any atom is -0.477 e. The van der Waals surface area contributed by atoms with Gasteiger partial charge in [-0.2, -0.15) is 5.10 Å². The smallest absolute Gasteiger partial charge is 0.318 e. The largest absolute Gasteiger partial charge is 0.477 e. The van der Waals surface area contributed by atoms with Crippen LogP contribution in [0.15, 0.2) is 23.1 Å². The second-order valence-electron chi connectivity index (χ2n) is 6.57. The number of carbonyl (C=O) groups excluding carboxylic acids is 2. The molecule has 0 unspecified atom stereocenters. The van der Waals surface area contributed by atoms with Crippen molar-refractivity contribution in [3.05, 3.63) is 35.4 Å². The van der Waals surface area contributed by atoms with Gasteiger partial charge in [0.15, 0.2) is 5.65 Å². The lowest BCUT2D eigenvalue weighted by atomic mass is 10.2. The second kappa shape index (κ2) is 7.53. The van der Waals surface area contributed by atoms with Gasteiger partial charge in [0.05, 0.1) is 44.8 Å². The highest BCUT2D eigenvalue weighted by Gasteiger charge is 2.38. The van der Waals surface area contributed by atoms with Crippen LogP contribution in [0.1, 0.15) is 21.7 Å². The van der Waals surface area contributed by atoms with Crippen molar-refractivity contribution in [2.75, 3.05) is 20.2 Å². The molecule has 1 fully saturated rings. The zero-order valence-electron chi connectivity index (χ0n) is 15.6. The highest BCUT2D eigenvalue weighted by Crippen LogP contribution is 2.20. The summed E-state index contributed by atoms with van der Waals surface area (Å²) in [6.45, 7) is -1.32. The topological polar surface area (TPSA) is 140 Å². The van der Waals surface area contributed by atoms with Crippen molar-refractivity contribution < 1.29 is 27.7 Å². The summed E-state index contributed by atoms with van der Waals surface area (Å²) in [4.78, 5) is 29.3. The van der Waals surface area contributed by atoms with Gasteiger partial charge in [0.1, 0.15) is 0 Å². The van der Waals surface area contributed by atoms with E-state index in [0.717, 1.165) is 4.90 Å². The Morgan fingerprint density at radius 1 is 1.43 bits per heavy atom. The van der Waals surface area contributed by atoms with Gasteiger partial charge < -0.3 is 20.3 Å². The molecule has 3 aromatic heterocycles. The molecule has 158 valence electrons. The van der Waals surface area contributed by atoms with Crippen molar-refractivity contribution in [3.8, 4) is 5.88 Å². The normalized spacial score (nSPS) is 15.8. The zero-order chi connectivity index (χ0) is 21.3. The SMILES string of the molecule is COc1nonc1C(=O)NCc1cn2ncc(CN3CC(F)(F)CNC3=O)cc2n1. The van der Waals surface area contributed by atoms with Crippen LogP contribution in [0.4, 0.5) is 13.6 Å². The molecule has 0 saturated carbocycles. The predicted octanol–water partition coefficient (Wildman–Crippen LogP) is 0.211. The number of urea groups is 1. The maximum atomic E-state index is 13.5. The van der Waals surface area contributed by atoms with Crippen LogP contribution in [0.25, 0.3) is 5.65 Å². The standard InChI is InChI=1S/C16H16F2N8O4/c1-29-14-12(23-30-24-14)13(27)19-4-10-6-26-11(22-10)2-9(3-21-26)5-25-8-16(17,18)7-20-15(25)28/h2-3,6H,4-5,7-8H2,1H3,(H,19,27)(H,20,28). The number of rotatable bonds is 6. The summed E-state index contributed by atoms with van der Waals surface area (Å²) in [6, 6.07) is 1.06. The Labute approximate surface area is 167 Å². The number of hydrogen-bond acceptors (Lipinski definition) is 8. The number of methoxy groups -OCH3 is 1. The van der Waals surface area contributed by atoms with E-state index in [9.17, 15) is 18.4 Å². The molecule has 0 aromatic carbocycles. The Bertz CT molecular complexity index is 1100. The molecular formula is C16H16F2N8O4. The van der Waals surface area contributed by atoms with Gasteiger partial charge in [-0.1, -0.05) is 0 Å². The average molecular weight is 422 g/mol. The van der Waals surface area contributed by atoms with E-state index in [1.807, 2.05) is 0 Å². The van der Waals surface area contributed by atoms with E-state index >= 15 is 0 Å². The molecule has 0 aliphatic carbocycles. The number of carbonyl (C=O) groups is 2. The van der Waals surface area contributed by atoms with Crippen LogP contribution in [0.2, 0.25) is 0 Å². The first-order valence-electron chi connectivity index (χ1n) is 8.73. The minimum absolute atomic E-state index is 0.0389. The van der Waals surface area contributed by atoms with Gasteiger partial charge in [0.2, 0.25) is 5.69 Å². The Morgan fingerprint density at radius 2 is 2.27 bits per heavy atom. The summed E-state index contributed by atoms with van der Waals surface area (Å²) < 4.78 is 37.9. The van der Waals surface area contributed by atoms with Gasteiger partial charge in [-0.25, -0.2) is 27.7 Å². The number of halogens is 2. The van der Waals surface area contributed by atoms with E-state index < -0.39 is 31.0 Å². The van der Waals surface area contributed by atoms with Crippen LogP contribution in [0.5, 0.6) is 5.88 Å². The molecule has 30 heavy (non-hydrogen) atoms. The molecule has 12 nitrogen and oxygen atoms in total. The minimum atomic E-state index is -2.99. The van der Waals surface area contributed by atoms with Crippen LogP contribution < -0.4 is 15.4 Å². The fourth-order valence-corrected chi connectivity index (χ4v) is 2.92. The van der Waals surface area contributed by atoms with E-state index in [1.165, 1.54) is 17.8 Å². The summed E-state index contributed by atoms with van der Waals surface area (Å²) in [7, 11) is 1.33. The lowest BCUT2D eigenvalue weighted by Crippen LogP contribution is -2.56. The van der Waals surface area contributed by atoms with Gasteiger partial charge >= 0.3 is 6.03 Å². The quantitative estimate of drug-likeness (QED) is 0.575. The lowest BCUT2D eigenvalue weighted by molar-refractivity contribution is -0.0367. The van der Waals surface area contributed by atoms with Crippen LogP contribution >= 0.6 is 0 Å². The van der Waals surface area contributed by atoms with Crippen molar-refractivity contribution in [2.24, 2.45) is 0 Å². The molecule has 3 aromatic rings. The molecule has 4 heterocycles. The summed E-state index contributed by atoms with van der Waals surface area (Å²) >= 11 is 0. The van der Waals surface area contributed by atoms with Gasteiger partial charge in [0, 0.05) is 6.54 Å². The van der Waals surface area contributed by atoms with Gasteiger partial charge in [-0.05, 0) is 21.9 Å². The lowest BCUT2D eigenvalue weighted by Gasteiger charge is -2.32. The highest BCUT2D eigenvalue weighted by molar-refractivity contribution is 5.94. The second-order valence-corrected chi connectivity index (χ2v) is 6.57. The number of nitrogens with one attached hydrogen (secondary N) is 2. The maximum absolute atomic E-state index is 13.5. The molecule has 4 rings (SSSR count). The molecule has 1 saturated heterocycles. The molecule has 0 bridgehead atoms. The number of fused-ring (bicyclic) bond motifs is 1. The van der Waals surface area contributed by atoms with E-state index in [-0.39, 0.29) is 24.7 Å². The molecule has 1 aliphatic rings. The summed E-state index contributed by atoms with van der Waals surface area (Å²) in [5.41, 5.74) is 1.36. The van der Waals surface area contributed by atoms with E-state index in [0.29, 0.717) is 16.9 Å². The number of ether oxygens (including phenoxy) is 1. The number of amides is 3. The van der Waals surface area contributed by atoms with Crippen molar-refractivity contribution in [2.45, 2.75) is 19.0 Å². The number of hydrogen-bond donors (Lipinski definition) is 2. The molecular weight excluding hydrogens is 406 g/mol. The number of aromatic nitrogens is 5. The third kappa shape index (κ3) is 3.97. The van der Waals surface area contributed by atoms with Crippen LogP contribution in [-0.2, 0) is 13.1 Å². The monoisotopic (exact) mass is 422 g/mol. The summed E-state index contributed by atoms with van der Waals surface area (Å²) in [5.74, 6) is -3.59. The number of nitrogens with zero attached hydrogens (tertiary/aromatic N) is 6. The zero-order valence-corrected chi connectivity index (χ0v) is 15.6. The number of imidazole rings is 1. The first-order valence-corrected chi connectivity index (χ1v) is 8.73. The van der Waals surface area contributed by atoms with Gasteiger partial charge in [-0.3, -0.25) is 4.79 Å². The van der Waals surface area contributed by atoms with E-state index in [2.05, 4.69) is 35.7 Å². The van der Waals surface area contributed by atoms with Gasteiger partial charge in [-0.15, -0.1) is 0 Å². The summed E-state index contributed by atoms with van der Waals surface area (Å²) in [6.07, 6.45) is 3.06. The van der Waals surface area contributed by atoms with E-state index in [4.69, 9.17) is 4.74 Å². The Morgan fingerprint density at radius 3 is 3.07 bits per heavy atom. The Kier molecular flexibility index (Phi) is 4.89. The first kappa shape index (κ1) is 19.5.